The summed E-state index contributed by atoms with van der Waals surface area (Å²) in [5, 5.41) is 20.3. The van der Waals surface area contributed by atoms with Crippen LogP contribution in [0, 0.1) is 16.5 Å². The van der Waals surface area contributed by atoms with Gasteiger partial charge in [-0.1, -0.05) is 6.07 Å². The molecular formula is C14H10N2O2. The summed E-state index contributed by atoms with van der Waals surface area (Å²) in [7, 11) is 0. The van der Waals surface area contributed by atoms with Crippen LogP contribution in [-0.4, -0.2) is 0 Å². The largest absolute Gasteiger partial charge is 0.619 e. The minimum absolute atomic E-state index is 0.184. The van der Waals surface area contributed by atoms with Gasteiger partial charge in [-0.25, -0.2) is 0 Å². The van der Waals surface area contributed by atoms with Crippen LogP contribution in [0.1, 0.15) is 22.8 Å². The van der Waals surface area contributed by atoms with Crippen molar-refractivity contribution >= 4 is 0 Å². The zero-order chi connectivity index (χ0) is 12.5. The third-order valence-corrected chi connectivity index (χ3v) is 3.08. The van der Waals surface area contributed by atoms with Crippen LogP contribution in [0.5, 0.6) is 5.75 Å². The van der Waals surface area contributed by atoms with Crippen molar-refractivity contribution in [3.63, 3.8) is 0 Å². The van der Waals surface area contributed by atoms with E-state index >= 15 is 0 Å². The SMILES string of the molecule is N#Cc1cccc2c1CC(c1ccc[n+]([O-])c1)O2. The van der Waals surface area contributed by atoms with Crippen LogP contribution in [0.15, 0.2) is 42.7 Å². The Bertz CT molecular complexity index is 646. The average molecular weight is 238 g/mol. The number of nitrogens with zero attached hydrogens (tertiary/aromatic N) is 2. The van der Waals surface area contributed by atoms with Gasteiger partial charge in [0.2, 0.25) is 0 Å². The van der Waals surface area contributed by atoms with E-state index in [1.165, 1.54) is 12.4 Å². The van der Waals surface area contributed by atoms with Crippen molar-refractivity contribution in [1.29, 1.82) is 5.26 Å². The van der Waals surface area contributed by atoms with Gasteiger partial charge in [-0.15, -0.1) is 0 Å². The van der Waals surface area contributed by atoms with Crippen LogP contribution in [0.25, 0.3) is 0 Å². The Labute approximate surface area is 104 Å². The molecule has 0 radical (unpaired) electrons. The standard InChI is InChI=1S/C14H10N2O2/c15-8-10-3-1-5-13-12(10)7-14(18-13)11-4-2-6-16(17)9-11/h1-6,9,14H,7H2. The number of fused-ring (bicyclic) bond motifs is 1. The maximum absolute atomic E-state index is 11.3. The van der Waals surface area contributed by atoms with Gasteiger partial charge in [0.15, 0.2) is 12.4 Å². The number of nitriles is 1. The minimum Gasteiger partial charge on any atom is -0.619 e. The third kappa shape index (κ3) is 1.66. The maximum atomic E-state index is 11.3. The molecule has 0 saturated carbocycles. The van der Waals surface area contributed by atoms with Crippen molar-refractivity contribution in [3.05, 3.63) is 64.6 Å². The highest BCUT2D eigenvalue weighted by molar-refractivity contribution is 5.49. The molecule has 2 heterocycles. The zero-order valence-corrected chi connectivity index (χ0v) is 9.54. The first-order chi connectivity index (χ1) is 8.78. The second kappa shape index (κ2) is 4.04. The molecule has 4 heteroatoms. The fourth-order valence-electron chi connectivity index (χ4n) is 2.22. The summed E-state index contributed by atoms with van der Waals surface area (Å²) in [4.78, 5) is 0. The first-order valence-electron chi connectivity index (χ1n) is 5.65. The van der Waals surface area contributed by atoms with Gasteiger partial charge in [0.05, 0.1) is 17.2 Å². The number of ether oxygens (including phenoxy) is 1. The van der Waals surface area contributed by atoms with Crippen molar-refractivity contribution in [3.8, 4) is 11.8 Å². The molecule has 0 bridgehead atoms. The molecular weight excluding hydrogens is 228 g/mol. The lowest BCUT2D eigenvalue weighted by molar-refractivity contribution is -0.606. The fraction of sp³-hybridized carbons (Fsp3) is 0.143. The topological polar surface area (TPSA) is 60.0 Å². The Morgan fingerprint density at radius 3 is 3.00 bits per heavy atom. The van der Waals surface area contributed by atoms with E-state index in [4.69, 9.17) is 10.00 Å². The highest BCUT2D eigenvalue weighted by atomic mass is 16.5. The van der Waals surface area contributed by atoms with Crippen molar-refractivity contribution in [2.24, 2.45) is 0 Å². The highest BCUT2D eigenvalue weighted by Crippen LogP contribution is 2.37. The van der Waals surface area contributed by atoms with E-state index in [0.717, 1.165) is 21.6 Å². The van der Waals surface area contributed by atoms with E-state index in [1.807, 2.05) is 12.1 Å². The van der Waals surface area contributed by atoms with Gasteiger partial charge in [0.1, 0.15) is 11.9 Å². The van der Waals surface area contributed by atoms with E-state index in [0.29, 0.717) is 12.0 Å². The summed E-state index contributed by atoms with van der Waals surface area (Å²) in [6, 6.07) is 11.2. The molecule has 0 N–H and O–H groups in total. The lowest BCUT2D eigenvalue weighted by Crippen LogP contribution is -2.25. The second-order valence-electron chi connectivity index (χ2n) is 4.20. The van der Waals surface area contributed by atoms with Gasteiger partial charge in [-0.05, 0) is 18.2 Å². The molecule has 0 saturated heterocycles. The zero-order valence-electron chi connectivity index (χ0n) is 9.54. The first-order valence-corrected chi connectivity index (χ1v) is 5.65. The van der Waals surface area contributed by atoms with Gasteiger partial charge >= 0.3 is 0 Å². The highest BCUT2D eigenvalue weighted by Gasteiger charge is 2.27. The van der Waals surface area contributed by atoms with Crippen molar-refractivity contribution < 1.29 is 9.47 Å². The Balaban J connectivity index is 1.96. The molecule has 1 unspecified atom stereocenters. The van der Waals surface area contributed by atoms with E-state index in [-0.39, 0.29) is 6.10 Å². The third-order valence-electron chi connectivity index (χ3n) is 3.08. The molecule has 2 aromatic rings. The van der Waals surface area contributed by atoms with E-state index < -0.39 is 0 Å². The second-order valence-corrected chi connectivity index (χ2v) is 4.20. The number of pyridine rings is 1. The molecule has 0 amide bonds. The monoisotopic (exact) mass is 238 g/mol. The van der Waals surface area contributed by atoms with Gasteiger partial charge in [-0.3, -0.25) is 0 Å². The molecule has 1 atom stereocenters. The number of hydrogen-bond donors (Lipinski definition) is 0. The maximum Gasteiger partial charge on any atom is 0.187 e. The van der Waals surface area contributed by atoms with Crippen LogP contribution in [-0.2, 0) is 6.42 Å². The lowest BCUT2D eigenvalue weighted by Gasteiger charge is -2.09. The Hall–Kier alpha value is -2.54. The molecule has 88 valence electrons. The smallest absolute Gasteiger partial charge is 0.187 e. The molecule has 3 rings (SSSR count). The minimum atomic E-state index is -0.184. The molecule has 1 aromatic heterocycles. The van der Waals surface area contributed by atoms with Gasteiger partial charge in [0, 0.05) is 18.1 Å². The Kier molecular flexibility index (Phi) is 2.38. The van der Waals surface area contributed by atoms with Crippen LogP contribution in [0.3, 0.4) is 0 Å². The van der Waals surface area contributed by atoms with Crippen molar-refractivity contribution in [2.45, 2.75) is 12.5 Å². The Morgan fingerprint density at radius 1 is 1.33 bits per heavy atom. The van der Waals surface area contributed by atoms with Crippen LogP contribution in [0.2, 0.25) is 0 Å². The summed E-state index contributed by atoms with van der Waals surface area (Å²) >= 11 is 0. The van der Waals surface area contributed by atoms with Crippen LogP contribution >= 0.6 is 0 Å². The number of hydrogen-bond acceptors (Lipinski definition) is 3. The first kappa shape index (κ1) is 10.6. The normalized spacial score (nSPS) is 16.7. The predicted molar refractivity (Wildman–Crippen MR) is 63.6 cm³/mol. The number of aromatic nitrogens is 1. The summed E-state index contributed by atoms with van der Waals surface area (Å²) in [5.74, 6) is 0.736. The molecule has 4 nitrogen and oxygen atoms in total. The van der Waals surface area contributed by atoms with Gasteiger partial charge in [-0.2, -0.15) is 9.99 Å². The summed E-state index contributed by atoms with van der Waals surface area (Å²) in [6.07, 6.45) is 3.38. The number of benzene rings is 1. The molecule has 0 spiro atoms. The summed E-state index contributed by atoms with van der Waals surface area (Å²) in [6.45, 7) is 0. The average Bonchev–Trinajstić information content (AvgIpc) is 2.82. The molecule has 18 heavy (non-hydrogen) atoms. The molecule has 0 aliphatic carbocycles. The molecule has 1 aromatic carbocycles. The van der Waals surface area contributed by atoms with Crippen molar-refractivity contribution in [1.82, 2.24) is 0 Å². The summed E-state index contributed by atoms with van der Waals surface area (Å²) < 4.78 is 6.54. The lowest BCUT2D eigenvalue weighted by atomic mass is 10.0. The van der Waals surface area contributed by atoms with Crippen molar-refractivity contribution in [2.75, 3.05) is 0 Å². The van der Waals surface area contributed by atoms with Gasteiger partial charge in [0.25, 0.3) is 0 Å². The molecule has 1 aliphatic rings. The van der Waals surface area contributed by atoms with Crippen LogP contribution in [0.4, 0.5) is 0 Å². The quantitative estimate of drug-likeness (QED) is 0.563. The summed E-state index contributed by atoms with van der Waals surface area (Å²) in [5.41, 5.74) is 2.39. The van der Waals surface area contributed by atoms with E-state index in [2.05, 4.69) is 6.07 Å². The van der Waals surface area contributed by atoms with Crippen LogP contribution < -0.4 is 9.47 Å². The van der Waals surface area contributed by atoms with E-state index in [1.54, 1.807) is 18.2 Å². The molecule has 1 aliphatic heterocycles. The number of rotatable bonds is 1. The van der Waals surface area contributed by atoms with Gasteiger partial charge < -0.3 is 9.94 Å². The fourth-order valence-corrected chi connectivity index (χ4v) is 2.22. The molecule has 0 fully saturated rings. The van der Waals surface area contributed by atoms with E-state index in [9.17, 15) is 5.21 Å². The Morgan fingerprint density at radius 2 is 2.22 bits per heavy atom. The predicted octanol–water partition coefficient (Wildman–Crippen LogP) is 1.87.